The molecule has 1 amide bonds. The van der Waals surface area contributed by atoms with Crippen molar-refractivity contribution in [3.05, 3.63) is 52.0 Å². The van der Waals surface area contributed by atoms with Crippen LogP contribution in [0, 0.1) is 0 Å². The van der Waals surface area contributed by atoms with Crippen LogP contribution in [0.5, 0.6) is 0 Å². The molecule has 2 aromatic carbocycles. The largest absolute Gasteiger partial charge is 0.272 e. The second-order valence-electron chi connectivity index (χ2n) is 4.75. The van der Waals surface area contributed by atoms with E-state index < -0.39 is 0 Å². The molecule has 4 rings (SSSR count). The highest BCUT2D eigenvalue weighted by atomic mass is 16.1. The summed E-state index contributed by atoms with van der Waals surface area (Å²) in [6.07, 6.45) is 7.82. The number of rotatable bonds is 0. The lowest BCUT2D eigenvalue weighted by atomic mass is 9.98. The predicted octanol–water partition coefficient (Wildman–Crippen LogP) is 1.74. The van der Waals surface area contributed by atoms with E-state index in [4.69, 9.17) is 0 Å². The fourth-order valence-corrected chi connectivity index (χ4v) is 2.85. The van der Waals surface area contributed by atoms with E-state index in [-0.39, 0.29) is 5.91 Å². The first-order chi connectivity index (χ1) is 8.83. The molecule has 0 unspecified atom stereocenters. The van der Waals surface area contributed by atoms with E-state index in [0.29, 0.717) is 6.42 Å². The Morgan fingerprint density at radius 1 is 1.00 bits per heavy atom. The third-order valence-corrected chi connectivity index (χ3v) is 3.70. The van der Waals surface area contributed by atoms with Gasteiger partial charge in [0.1, 0.15) is 0 Å². The molecule has 1 aliphatic carbocycles. The van der Waals surface area contributed by atoms with E-state index in [1.807, 2.05) is 12.1 Å². The maximum absolute atomic E-state index is 11.3. The third kappa shape index (κ3) is 1.23. The Morgan fingerprint density at radius 2 is 1.89 bits per heavy atom. The average Bonchev–Trinajstić information content (AvgIpc) is 2.86. The zero-order valence-corrected chi connectivity index (χ0v) is 9.81. The lowest BCUT2D eigenvalue weighted by molar-refractivity contribution is -0.117. The highest BCUT2D eigenvalue weighted by Crippen LogP contribution is 2.26. The van der Waals surface area contributed by atoms with Crippen molar-refractivity contribution >= 4 is 28.8 Å². The summed E-state index contributed by atoms with van der Waals surface area (Å²) in [6.45, 7) is 0. The molecule has 86 valence electrons. The van der Waals surface area contributed by atoms with Gasteiger partial charge in [-0.15, -0.1) is 0 Å². The molecule has 0 spiro atoms. The summed E-state index contributed by atoms with van der Waals surface area (Å²) in [5.41, 5.74) is 2.70. The van der Waals surface area contributed by atoms with Gasteiger partial charge in [-0.05, 0) is 34.4 Å². The molecular formula is C16H11NO. The van der Waals surface area contributed by atoms with Crippen LogP contribution in [-0.2, 0) is 11.2 Å². The van der Waals surface area contributed by atoms with E-state index in [2.05, 4.69) is 35.3 Å². The predicted molar refractivity (Wildman–Crippen MR) is 71.6 cm³/mol. The van der Waals surface area contributed by atoms with Crippen LogP contribution in [-0.4, -0.2) is 5.91 Å². The Balaban J connectivity index is 2.22. The molecule has 0 fully saturated rings. The summed E-state index contributed by atoms with van der Waals surface area (Å²) >= 11 is 0. The van der Waals surface area contributed by atoms with Crippen LogP contribution in [0.15, 0.2) is 35.3 Å². The summed E-state index contributed by atoms with van der Waals surface area (Å²) in [4.78, 5) is 15.4. The van der Waals surface area contributed by atoms with Crippen LogP contribution in [0.3, 0.4) is 0 Å². The Labute approximate surface area is 104 Å². The fourth-order valence-electron chi connectivity index (χ4n) is 2.85. The molecule has 1 aliphatic heterocycles. The first-order valence-corrected chi connectivity index (χ1v) is 6.16. The van der Waals surface area contributed by atoms with E-state index in [1.54, 1.807) is 0 Å². The molecular weight excluding hydrogens is 222 g/mol. The van der Waals surface area contributed by atoms with Gasteiger partial charge in [-0.3, -0.25) is 4.79 Å². The van der Waals surface area contributed by atoms with Crippen LogP contribution in [0.25, 0.3) is 22.9 Å². The molecule has 2 nitrogen and oxygen atoms in total. The molecule has 0 aromatic heterocycles. The van der Waals surface area contributed by atoms with Crippen molar-refractivity contribution in [2.24, 2.45) is 4.99 Å². The summed E-state index contributed by atoms with van der Waals surface area (Å²) in [5, 5.41) is 4.38. The first kappa shape index (κ1) is 9.77. The second kappa shape index (κ2) is 3.39. The molecule has 1 heterocycles. The number of hydrogen-bond donors (Lipinski definition) is 0. The molecule has 0 bridgehead atoms. The van der Waals surface area contributed by atoms with Crippen LogP contribution in [0.1, 0.15) is 17.5 Å². The lowest BCUT2D eigenvalue weighted by Gasteiger charge is -2.07. The number of allylic oxidation sites excluding steroid dienone is 1. The van der Waals surface area contributed by atoms with E-state index in [1.165, 1.54) is 21.9 Å². The highest BCUT2D eigenvalue weighted by Gasteiger charge is 2.11. The second-order valence-corrected chi connectivity index (χ2v) is 4.75. The van der Waals surface area contributed by atoms with Gasteiger partial charge in [0, 0.05) is 11.6 Å². The fraction of sp³-hybridized carbons (Fsp3) is 0.125. The number of nitrogens with zero attached hydrogens (tertiary/aromatic N) is 1. The van der Waals surface area contributed by atoms with Crippen molar-refractivity contribution in [2.45, 2.75) is 12.8 Å². The minimum Gasteiger partial charge on any atom is -0.272 e. The van der Waals surface area contributed by atoms with Crippen LogP contribution in [0.4, 0.5) is 0 Å². The zero-order chi connectivity index (χ0) is 12.1. The number of hydrogen-bond acceptors (Lipinski definition) is 1. The number of fused-ring (bicyclic) bond motifs is 5. The Hall–Kier alpha value is -2.22. The van der Waals surface area contributed by atoms with Gasteiger partial charge < -0.3 is 0 Å². The van der Waals surface area contributed by atoms with Crippen molar-refractivity contribution in [1.82, 2.24) is 0 Å². The molecule has 2 heteroatoms. The molecule has 2 aromatic rings. The normalized spacial score (nSPS) is 16.1. The van der Waals surface area contributed by atoms with Gasteiger partial charge in [0.05, 0.1) is 5.36 Å². The topological polar surface area (TPSA) is 29.4 Å². The third-order valence-electron chi connectivity index (χ3n) is 3.70. The molecule has 0 atom stereocenters. The quantitative estimate of drug-likeness (QED) is 0.681. The smallest absolute Gasteiger partial charge is 0.250 e. The number of carbonyl (C=O) groups excluding carboxylic acids is 1. The summed E-state index contributed by atoms with van der Waals surface area (Å²) in [7, 11) is 0. The van der Waals surface area contributed by atoms with Gasteiger partial charge in [0.2, 0.25) is 5.91 Å². The van der Waals surface area contributed by atoms with Gasteiger partial charge >= 0.3 is 0 Å². The molecule has 0 radical (unpaired) electrons. The summed E-state index contributed by atoms with van der Waals surface area (Å²) in [5.74, 6) is -0.0529. The first-order valence-electron chi connectivity index (χ1n) is 6.16. The van der Waals surface area contributed by atoms with Gasteiger partial charge in [0.25, 0.3) is 0 Å². The van der Waals surface area contributed by atoms with Crippen LogP contribution >= 0.6 is 0 Å². The van der Waals surface area contributed by atoms with Crippen molar-refractivity contribution in [3.63, 3.8) is 0 Å². The minimum atomic E-state index is -0.0529. The summed E-state index contributed by atoms with van der Waals surface area (Å²) in [6, 6.07) is 8.38. The molecule has 0 saturated heterocycles. The van der Waals surface area contributed by atoms with E-state index >= 15 is 0 Å². The number of carbonyl (C=O) groups is 1. The maximum atomic E-state index is 11.3. The highest BCUT2D eigenvalue weighted by molar-refractivity contribution is 5.95. The Bertz CT molecular complexity index is 844. The van der Waals surface area contributed by atoms with Crippen molar-refractivity contribution in [2.75, 3.05) is 0 Å². The summed E-state index contributed by atoms with van der Waals surface area (Å²) < 4.78 is 0. The zero-order valence-electron chi connectivity index (χ0n) is 9.81. The van der Waals surface area contributed by atoms with E-state index in [9.17, 15) is 4.79 Å². The van der Waals surface area contributed by atoms with Gasteiger partial charge in [-0.2, -0.15) is 0 Å². The average molecular weight is 233 g/mol. The SMILES string of the molecule is O=C1CC=c2c(ccc3c4c(ccc23)CC=C4)=N1. The maximum Gasteiger partial charge on any atom is 0.250 e. The standard InChI is InChI=1S/C16H11NO/c18-16-9-7-14-13-5-4-10-2-1-3-11(10)12(13)6-8-15(14)17-16/h1,3-8H,2,9H2. The lowest BCUT2D eigenvalue weighted by Crippen LogP contribution is -2.30. The van der Waals surface area contributed by atoms with Gasteiger partial charge in [-0.1, -0.05) is 36.4 Å². The Kier molecular flexibility index (Phi) is 1.84. The molecule has 0 saturated carbocycles. The van der Waals surface area contributed by atoms with E-state index in [0.717, 1.165) is 17.0 Å². The molecule has 0 N–H and O–H groups in total. The van der Waals surface area contributed by atoms with Crippen LogP contribution < -0.4 is 10.6 Å². The number of amides is 1. The van der Waals surface area contributed by atoms with Crippen molar-refractivity contribution in [3.8, 4) is 0 Å². The number of benzene rings is 2. The Morgan fingerprint density at radius 3 is 2.83 bits per heavy atom. The van der Waals surface area contributed by atoms with Gasteiger partial charge in [0.15, 0.2) is 0 Å². The van der Waals surface area contributed by atoms with Crippen molar-refractivity contribution < 1.29 is 4.79 Å². The monoisotopic (exact) mass is 233 g/mol. The molecule has 2 aliphatic rings. The molecule has 18 heavy (non-hydrogen) atoms. The van der Waals surface area contributed by atoms with Gasteiger partial charge in [-0.25, -0.2) is 4.99 Å². The minimum absolute atomic E-state index is 0.0529. The van der Waals surface area contributed by atoms with Crippen LogP contribution in [0.2, 0.25) is 0 Å². The van der Waals surface area contributed by atoms with Crippen molar-refractivity contribution in [1.29, 1.82) is 0 Å².